The smallest absolute Gasteiger partial charge is 0.0350 e. The van der Waals surface area contributed by atoms with Gasteiger partial charge in [0.1, 0.15) is 0 Å². The normalized spacial score (nSPS) is 19.9. The maximum Gasteiger partial charge on any atom is 0.0350 e. The average Bonchev–Trinajstić information content (AvgIpc) is 1.91. The van der Waals surface area contributed by atoms with E-state index in [1.807, 2.05) is 0 Å². The Labute approximate surface area is 75.6 Å². The Morgan fingerprint density at radius 1 is 1.50 bits per heavy atom. The van der Waals surface area contributed by atoms with E-state index in [4.69, 9.17) is 0 Å². The SMILES string of the molecule is C=C1CNCCN1CC(C)(C)C. The van der Waals surface area contributed by atoms with Crippen LogP contribution in [0.1, 0.15) is 20.8 Å². The zero-order valence-corrected chi connectivity index (χ0v) is 8.48. The van der Waals surface area contributed by atoms with Gasteiger partial charge in [-0.25, -0.2) is 0 Å². The van der Waals surface area contributed by atoms with Gasteiger partial charge in [-0.2, -0.15) is 0 Å². The second-order valence-corrected chi connectivity index (χ2v) is 4.73. The molecule has 0 aromatic heterocycles. The Morgan fingerprint density at radius 2 is 2.17 bits per heavy atom. The average molecular weight is 168 g/mol. The largest absolute Gasteiger partial charge is 0.372 e. The number of nitrogens with one attached hydrogen (secondary N) is 1. The lowest BCUT2D eigenvalue weighted by atomic mass is 9.95. The Hall–Kier alpha value is -0.500. The summed E-state index contributed by atoms with van der Waals surface area (Å²) in [5.74, 6) is 0. The topological polar surface area (TPSA) is 15.3 Å². The molecule has 0 radical (unpaired) electrons. The fraction of sp³-hybridized carbons (Fsp3) is 0.800. The molecule has 0 spiro atoms. The van der Waals surface area contributed by atoms with Crippen molar-refractivity contribution in [2.24, 2.45) is 5.41 Å². The molecular formula is C10H20N2. The molecule has 0 aromatic rings. The highest BCUT2D eigenvalue weighted by atomic mass is 15.2. The van der Waals surface area contributed by atoms with Crippen LogP contribution in [0.5, 0.6) is 0 Å². The van der Waals surface area contributed by atoms with Crippen molar-refractivity contribution in [1.82, 2.24) is 10.2 Å². The minimum atomic E-state index is 0.375. The first-order valence-corrected chi connectivity index (χ1v) is 4.62. The van der Waals surface area contributed by atoms with Crippen molar-refractivity contribution in [1.29, 1.82) is 0 Å². The van der Waals surface area contributed by atoms with Crippen molar-refractivity contribution in [3.63, 3.8) is 0 Å². The zero-order valence-electron chi connectivity index (χ0n) is 8.48. The van der Waals surface area contributed by atoms with Gasteiger partial charge in [-0.05, 0) is 5.41 Å². The number of hydrogen-bond acceptors (Lipinski definition) is 2. The second-order valence-electron chi connectivity index (χ2n) is 4.73. The molecule has 70 valence electrons. The summed E-state index contributed by atoms with van der Waals surface area (Å²) in [5.41, 5.74) is 1.61. The van der Waals surface area contributed by atoms with Crippen LogP contribution in [0.4, 0.5) is 0 Å². The van der Waals surface area contributed by atoms with Crippen molar-refractivity contribution >= 4 is 0 Å². The lowest BCUT2D eigenvalue weighted by Gasteiger charge is -2.36. The van der Waals surface area contributed by atoms with E-state index >= 15 is 0 Å². The lowest BCUT2D eigenvalue weighted by Crippen LogP contribution is -2.44. The number of rotatable bonds is 1. The van der Waals surface area contributed by atoms with E-state index < -0.39 is 0 Å². The number of hydrogen-bond donors (Lipinski definition) is 1. The van der Waals surface area contributed by atoms with Gasteiger partial charge in [0.05, 0.1) is 0 Å². The molecule has 12 heavy (non-hydrogen) atoms. The summed E-state index contributed by atoms with van der Waals surface area (Å²) in [4.78, 5) is 2.39. The van der Waals surface area contributed by atoms with Gasteiger partial charge in [0.15, 0.2) is 0 Å². The summed E-state index contributed by atoms with van der Waals surface area (Å²) >= 11 is 0. The molecule has 0 atom stereocenters. The van der Waals surface area contributed by atoms with E-state index in [1.165, 1.54) is 5.70 Å². The second kappa shape index (κ2) is 3.48. The van der Waals surface area contributed by atoms with E-state index in [-0.39, 0.29) is 0 Å². The van der Waals surface area contributed by atoms with Crippen LogP contribution in [-0.4, -0.2) is 31.1 Å². The minimum absolute atomic E-state index is 0.375. The number of nitrogens with zero attached hydrogens (tertiary/aromatic N) is 1. The standard InChI is InChI=1S/C10H20N2/c1-9-7-11-5-6-12(9)8-10(2,3)4/h11H,1,5-8H2,2-4H3. The Morgan fingerprint density at radius 3 is 2.67 bits per heavy atom. The highest BCUT2D eigenvalue weighted by molar-refractivity contribution is 5.00. The first kappa shape index (κ1) is 9.59. The van der Waals surface area contributed by atoms with Crippen LogP contribution in [0.3, 0.4) is 0 Å². The predicted molar refractivity (Wildman–Crippen MR) is 53.0 cm³/mol. The fourth-order valence-corrected chi connectivity index (χ4v) is 1.48. The molecule has 1 N–H and O–H groups in total. The minimum Gasteiger partial charge on any atom is -0.372 e. The molecular weight excluding hydrogens is 148 g/mol. The van der Waals surface area contributed by atoms with Crippen molar-refractivity contribution in [3.05, 3.63) is 12.3 Å². The van der Waals surface area contributed by atoms with Crippen LogP contribution in [0.2, 0.25) is 0 Å². The third-order valence-corrected chi connectivity index (χ3v) is 2.00. The molecule has 1 aliphatic heterocycles. The third kappa shape index (κ3) is 2.86. The maximum absolute atomic E-state index is 4.04. The maximum atomic E-state index is 4.04. The summed E-state index contributed by atoms with van der Waals surface area (Å²) in [5, 5.41) is 3.31. The van der Waals surface area contributed by atoms with Crippen molar-refractivity contribution in [2.75, 3.05) is 26.2 Å². The Balaban J connectivity index is 2.45. The van der Waals surface area contributed by atoms with E-state index in [1.54, 1.807) is 0 Å². The molecule has 0 bridgehead atoms. The first-order valence-electron chi connectivity index (χ1n) is 4.62. The summed E-state index contributed by atoms with van der Waals surface area (Å²) in [7, 11) is 0. The molecule has 1 rings (SSSR count). The molecule has 1 aliphatic rings. The molecule has 1 fully saturated rings. The number of piperazine rings is 1. The molecule has 2 nitrogen and oxygen atoms in total. The highest BCUT2D eigenvalue weighted by Gasteiger charge is 2.19. The van der Waals surface area contributed by atoms with Crippen molar-refractivity contribution in [3.8, 4) is 0 Å². The van der Waals surface area contributed by atoms with Gasteiger partial charge < -0.3 is 10.2 Å². The summed E-state index contributed by atoms with van der Waals surface area (Å²) < 4.78 is 0. The van der Waals surface area contributed by atoms with Crippen LogP contribution < -0.4 is 5.32 Å². The lowest BCUT2D eigenvalue weighted by molar-refractivity contribution is 0.215. The molecule has 1 saturated heterocycles. The van der Waals surface area contributed by atoms with Gasteiger partial charge in [0, 0.05) is 31.9 Å². The van der Waals surface area contributed by atoms with Crippen LogP contribution in [0, 0.1) is 5.41 Å². The van der Waals surface area contributed by atoms with Crippen LogP contribution >= 0.6 is 0 Å². The highest BCUT2D eigenvalue weighted by Crippen LogP contribution is 2.18. The fourth-order valence-electron chi connectivity index (χ4n) is 1.48. The van der Waals surface area contributed by atoms with Gasteiger partial charge in [-0.15, -0.1) is 0 Å². The van der Waals surface area contributed by atoms with E-state index in [9.17, 15) is 0 Å². The summed E-state index contributed by atoms with van der Waals surface area (Å²) in [6.07, 6.45) is 0. The molecule has 0 aliphatic carbocycles. The van der Waals surface area contributed by atoms with Crippen molar-refractivity contribution in [2.45, 2.75) is 20.8 Å². The van der Waals surface area contributed by atoms with E-state index in [0.29, 0.717) is 5.41 Å². The van der Waals surface area contributed by atoms with E-state index in [2.05, 4.69) is 37.6 Å². The van der Waals surface area contributed by atoms with Gasteiger partial charge in [0.2, 0.25) is 0 Å². The Kier molecular flexibility index (Phi) is 2.78. The van der Waals surface area contributed by atoms with Gasteiger partial charge in [0.25, 0.3) is 0 Å². The zero-order chi connectivity index (χ0) is 9.19. The van der Waals surface area contributed by atoms with Gasteiger partial charge in [-0.1, -0.05) is 27.4 Å². The quantitative estimate of drug-likeness (QED) is 0.637. The van der Waals surface area contributed by atoms with Crippen molar-refractivity contribution < 1.29 is 0 Å². The Bertz CT molecular complexity index is 167. The van der Waals surface area contributed by atoms with Gasteiger partial charge >= 0.3 is 0 Å². The summed E-state index contributed by atoms with van der Waals surface area (Å²) in [6, 6.07) is 0. The monoisotopic (exact) mass is 168 g/mol. The molecule has 0 saturated carbocycles. The molecule has 0 aromatic carbocycles. The molecule has 0 amide bonds. The van der Waals surface area contributed by atoms with Crippen LogP contribution in [0.25, 0.3) is 0 Å². The molecule has 0 unspecified atom stereocenters. The predicted octanol–water partition coefficient (Wildman–Crippen LogP) is 1.45. The van der Waals surface area contributed by atoms with Gasteiger partial charge in [-0.3, -0.25) is 0 Å². The van der Waals surface area contributed by atoms with Crippen LogP contribution in [0.15, 0.2) is 12.3 Å². The summed E-state index contributed by atoms with van der Waals surface area (Å²) in [6.45, 7) is 15.1. The first-order chi connectivity index (χ1) is 5.49. The van der Waals surface area contributed by atoms with E-state index in [0.717, 1.165) is 26.2 Å². The van der Waals surface area contributed by atoms with Crippen LogP contribution in [-0.2, 0) is 0 Å². The molecule has 2 heteroatoms. The molecule has 1 heterocycles. The third-order valence-electron chi connectivity index (χ3n) is 2.00.